The van der Waals surface area contributed by atoms with Crippen LogP contribution in [-0.2, 0) is 11.4 Å². The topological polar surface area (TPSA) is 50.8 Å². The van der Waals surface area contributed by atoms with Crippen molar-refractivity contribution in [3.05, 3.63) is 98.6 Å². The first kappa shape index (κ1) is 24.3. The lowest BCUT2D eigenvalue weighted by Gasteiger charge is -2.23. The molecule has 5 nitrogen and oxygen atoms in total. The maximum absolute atomic E-state index is 13.2. The van der Waals surface area contributed by atoms with E-state index in [0.717, 1.165) is 21.2 Å². The van der Waals surface area contributed by atoms with Crippen LogP contribution in [0.3, 0.4) is 0 Å². The number of nitrogens with zero attached hydrogens (tertiary/aromatic N) is 1. The number of rotatable bonds is 7. The molecule has 8 heteroatoms. The summed E-state index contributed by atoms with van der Waals surface area (Å²) in [6, 6.07) is 20.7. The van der Waals surface area contributed by atoms with Crippen LogP contribution in [0.25, 0.3) is 6.08 Å². The lowest BCUT2D eigenvalue weighted by molar-refractivity contribution is -0.123. The van der Waals surface area contributed by atoms with Crippen molar-refractivity contribution in [3.8, 4) is 11.5 Å². The van der Waals surface area contributed by atoms with Gasteiger partial charge in [-0.05, 0) is 66.7 Å². The van der Waals surface area contributed by atoms with Crippen LogP contribution in [-0.4, -0.2) is 23.0 Å². The van der Waals surface area contributed by atoms with Gasteiger partial charge in [-0.3, -0.25) is 9.69 Å². The highest BCUT2D eigenvalue weighted by Crippen LogP contribution is 2.31. The van der Waals surface area contributed by atoms with Crippen LogP contribution < -0.4 is 14.8 Å². The number of carbonyl (C=O) groups excluding carboxylic acids is 1. The van der Waals surface area contributed by atoms with Crippen LogP contribution in [0.5, 0.6) is 11.5 Å². The summed E-state index contributed by atoms with van der Waals surface area (Å²) in [5.41, 5.74) is 3.06. The fraction of sp³-hybridized carbons (Fsp3) is 0.154. The summed E-state index contributed by atoms with van der Waals surface area (Å²) in [6.45, 7) is 2.21. The number of hydrogen-bond acceptors (Lipinski definition) is 4. The molecular weight excluding hydrogens is 536 g/mol. The lowest BCUT2D eigenvalue weighted by atomic mass is 10.1. The Labute approximate surface area is 217 Å². The van der Waals surface area contributed by atoms with Gasteiger partial charge in [-0.15, -0.1) is 0 Å². The molecule has 1 heterocycles. The van der Waals surface area contributed by atoms with E-state index in [1.165, 1.54) is 0 Å². The minimum Gasteiger partial charge on any atom is -0.496 e. The van der Waals surface area contributed by atoms with E-state index in [1.54, 1.807) is 30.2 Å². The monoisotopic (exact) mass is 556 g/mol. The smallest absolute Gasteiger partial charge is 0.277 e. The first-order valence-corrected chi connectivity index (χ1v) is 12.1. The summed E-state index contributed by atoms with van der Waals surface area (Å²) in [5, 5.41) is 3.95. The van der Waals surface area contributed by atoms with Crippen molar-refractivity contribution in [1.29, 1.82) is 0 Å². The molecule has 0 bridgehead atoms. The predicted octanol–water partition coefficient (Wildman–Crippen LogP) is 6.51. The van der Waals surface area contributed by atoms with Gasteiger partial charge in [-0.1, -0.05) is 63.9 Å². The fourth-order valence-electron chi connectivity index (χ4n) is 3.70. The zero-order chi connectivity index (χ0) is 24.2. The van der Waals surface area contributed by atoms with E-state index in [1.807, 2.05) is 61.5 Å². The van der Waals surface area contributed by atoms with Crippen LogP contribution in [0.2, 0.25) is 5.02 Å². The summed E-state index contributed by atoms with van der Waals surface area (Å²) >= 11 is 15.1. The van der Waals surface area contributed by atoms with Gasteiger partial charge in [0.05, 0.1) is 18.2 Å². The molecule has 1 fully saturated rings. The van der Waals surface area contributed by atoms with Crippen molar-refractivity contribution in [2.75, 3.05) is 7.11 Å². The number of carbonyl (C=O) groups is 1. The molecule has 1 amide bonds. The van der Waals surface area contributed by atoms with Crippen molar-refractivity contribution in [1.82, 2.24) is 10.2 Å². The zero-order valence-corrected chi connectivity index (χ0v) is 21.7. The second-order valence-corrected chi connectivity index (χ2v) is 9.39. The van der Waals surface area contributed by atoms with Crippen molar-refractivity contribution in [2.24, 2.45) is 0 Å². The van der Waals surface area contributed by atoms with E-state index in [4.69, 9.17) is 33.3 Å². The molecule has 0 spiro atoms. The minimum absolute atomic E-state index is 0.170. The second-order valence-electron chi connectivity index (χ2n) is 7.68. The maximum atomic E-state index is 13.2. The zero-order valence-electron chi connectivity index (χ0n) is 18.5. The van der Waals surface area contributed by atoms with Crippen molar-refractivity contribution < 1.29 is 14.3 Å². The van der Waals surface area contributed by atoms with Gasteiger partial charge in [0.1, 0.15) is 23.8 Å². The minimum atomic E-state index is -0.185. The lowest BCUT2D eigenvalue weighted by Crippen LogP contribution is -2.33. The number of methoxy groups -OCH3 is 1. The van der Waals surface area contributed by atoms with Gasteiger partial charge in [0, 0.05) is 10.0 Å². The first-order chi connectivity index (χ1) is 16.4. The molecule has 0 aromatic heterocycles. The molecule has 174 valence electrons. The van der Waals surface area contributed by atoms with Gasteiger partial charge in [0.25, 0.3) is 5.91 Å². The fourth-order valence-corrected chi connectivity index (χ4v) is 4.78. The maximum Gasteiger partial charge on any atom is 0.277 e. The van der Waals surface area contributed by atoms with Gasteiger partial charge in [-0.2, -0.15) is 0 Å². The van der Waals surface area contributed by atoms with Crippen LogP contribution in [0, 0.1) is 0 Å². The number of nitrogens with one attached hydrogen (secondary N) is 1. The highest BCUT2D eigenvalue weighted by atomic mass is 79.9. The molecule has 1 saturated heterocycles. The molecule has 3 aromatic rings. The standard InChI is InChI=1S/C26H22BrClN2O3S/c1-16(18-6-4-3-5-7-18)30-25(31)22(29-26(30)34)13-17-8-10-23(32-2)19(12-17)15-33-24-11-9-20(27)14-21(24)28/h3-14,16H,15H2,1-2H3,(H,29,34)/b22-13-. The Morgan fingerprint density at radius 1 is 1.12 bits per heavy atom. The molecule has 34 heavy (non-hydrogen) atoms. The molecule has 1 N–H and O–H groups in total. The summed E-state index contributed by atoms with van der Waals surface area (Å²) < 4.78 is 12.3. The van der Waals surface area contributed by atoms with E-state index in [2.05, 4.69) is 21.2 Å². The molecule has 1 aliphatic rings. The summed E-state index contributed by atoms with van der Waals surface area (Å²) in [7, 11) is 1.60. The van der Waals surface area contributed by atoms with Gasteiger partial charge < -0.3 is 14.8 Å². The Hall–Kier alpha value is -2.87. The van der Waals surface area contributed by atoms with E-state index in [9.17, 15) is 4.79 Å². The SMILES string of the molecule is COc1ccc(/C=C2\NC(=S)N(C(C)c3ccccc3)C2=O)cc1COc1ccc(Br)cc1Cl. The highest BCUT2D eigenvalue weighted by Gasteiger charge is 2.34. The molecule has 0 saturated carbocycles. The van der Waals surface area contributed by atoms with Crippen molar-refractivity contribution >= 4 is 56.8 Å². The summed E-state index contributed by atoms with van der Waals surface area (Å²) in [5.74, 6) is 1.08. The van der Waals surface area contributed by atoms with Gasteiger partial charge >= 0.3 is 0 Å². The average Bonchev–Trinajstić information content (AvgIpc) is 3.11. The quantitative estimate of drug-likeness (QED) is 0.265. The Morgan fingerprint density at radius 2 is 1.85 bits per heavy atom. The van der Waals surface area contributed by atoms with Gasteiger partial charge in [0.2, 0.25) is 0 Å². The number of hydrogen-bond donors (Lipinski definition) is 1. The molecule has 1 unspecified atom stereocenters. The predicted molar refractivity (Wildman–Crippen MR) is 142 cm³/mol. The first-order valence-electron chi connectivity index (χ1n) is 10.5. The number of benzene rings is 3. The molecule has 1 atom stereocenters. The number of amides is 1. The number of thiocarbonyl (C=S) groups is 1. The normalized spacial score (nSPS) is 15.4. The van der Waals surface area contributed by atoms with Crippen LogP contribution in [0.4, 0.5) is 0 Å². The molecule has 3 aromatic carbocycles. The Bertz CT molecular complexity index is 1270. The molecule has 1 aliphatic heterocycles. The van der Waals surface area contributed by atoms with E-state index in [0.29, 0.717) is 27.3 Å². The second kappa shape index (κ2) is 10.6. The number of halogens is 2. The molecular formula is C26H22BrClN2O3S. The summed E-state index contributed by atoms with van der Waals surface area (Å²) in [4.78, 5) is 14.8. The third-order valence-corrected chi connectivity index (χ3v) is 6.56. The van der Waals surface area contributed by atoms with Gasteiger partial charge in [-0.25, -0.2) is 0 Å². The van der Waals surface area contributed by atoms with E-state index in [-0.39, 0.29) is 18.6 Å². The largest absolute Gasteiger partial charge is 0.496 e. The third-order valence-electron chi connectivity index (χ3n) is 5.47. The Morgan fingerprint density at radius 3 is 2.56 bits per heavy atom. The third kappa shape index (κ3) is 5.27. The molecule has 0 radical (unpaired) electrons. The van der Waals surface area contributed by atoms with Crippen LogP contribution in [0.15, 0.2) is 76.9 Å². The van der Waals surface area contributed by atoms with Crippen molar-refractivity contribution in [3.63, 3.8) is 0 Å². The molecule has 4 rings (SSSR count). The van der Waals surface area contributed by atoms with Gasteiger partial charge in [0.15, 0.2) is 5.11 Å². The van der Waals surface area contributed by atoms with Crippen LogP contribution in [0.1, 0.15) is 29.7 Å². The average molecular weight is 558 g/mol. The van der Waals surface area contributed by atoms with E-state index < -0.39 is 0 Å². The Balaban J connectivity index is 1.55. The van der Waals surface area contributed by atoms with Crippen LogP contribution >= 0.6 is 39.7 Å². The molecule has 0 aliphatic carbocycles. The highest BCUT2D eigenvalue weighted by molar-refractivity contribution is 9.10. The van der Waals surface area contributed by atoms with Crippen molar-refractivity contribution in [2.45, 2.75) is 19.6 Å². The number of ether oxygens (including phenoxy) is 2. The van der Waals surface area contributed by atoms with E-state index >= 15 is 0 Å². The summed E-state index contributed by atoms with van der Waals surface area (Å²) in [6.07, 6.45) is 1.78. The Kier molecular flexibility index (Phi) is 7.56.